The van der Waals surface area contributed by atoms with Gasteiger partial charge in [-0.2, -0.15) is 10.2 Å². The Hall–Kier alpha value is -2.67. The maximum Gasteiger partial charge on any atom is 0.291 e. The first-order valence-electron chi connectivity index (χ1n) is 6.22. The van der Waals surface area contributed by atoms with Gasteiger partial charge in [-0.05, 0) is 30.5 Å². The minimum atomic E-state index is -0.375. The van der Waals surface area contributed by atoms with Crippen LogP contribution in [-0.4, -0.2) is 21.8 Å². The summed E-state index contributed by atoms with van der Waals surface area (Å²) in [5.41, 5.74) is 4.13. The lowest BCUT2D eigenvalue weighted by Crippen LogP contribution is -2.19. The van der Waals surface area contributed by atoms with Gasteiger partial charge in [0, 0.05) is 10.9 Å². The van der Waals surface area contributed by atoms with E-state index in [1.165, 1.54) is 0 Å². The Kier molecular flexibility index (Phi) is 3.65. The van der Waals surface area contributed by atoms with E-state index in [0.717, 1.165) is 10.6 Å². The van der Waals surface area contributed by atoms with Gasteiger partial charge in [-0.3, -0.25) is 9.89 Å². The summed E-state index contributed by atoms with van der Waals surface area (Å²) >= 11 is 1.56. The van der Waals surface area contributed by atoms with Crippen LogP contribution in [0.5, 0.6) is 0 Å². The number of nitrogens with one attached hydrogen (secondary N) is 2. The van der Waals surface area contributed by atoms with Gasteiger partial charge >= 0.3 is 0 Å². The van der Waals surface area contributed by atoms with E-state index in [9.17, 15) is 4.79 Å². The number of hydrogen-bond acceptors (Lipinski definition) is 5. The zero-order valence-corrected chi connectivity index (χ0v) is 12.0. The topological polar surface area (TPSA) is 83.3 Å². The smallest absolute Gasteiger partial charge is 0.291 e. The Labute approximate surface area is 124 Å². The van der Waals surface area contributed by atoms with Crippen LogP contribution in [0.3, 0.4) is 0 Å². The van der Waals surface area contributed by atoms with E-state index in [-0.39, 0.29) is 11.6 Å². The summed E-state index contributed by atoms with van der Waals surface area (Å²) in [6, 6.07) is 9.05. The lowest BCUT2D eigenvalue weighted by Gasteiger charge is -1.98. The van der Waals surface area contributed by atoms with Gasteiger partial charge < -0.3 is 4.42 Å². The van der Waals surface area contributed by atoms with Gasteiger partial charge in [0.05, 0.1) is 12.0 Å². The summed E-state index contributed by atoms with van der Waals surface area (Å²) in [5, 5.41) is 12.7. The van der Waals surface area contributed by atoms with Gasteiger partial charge in [-0.25, -0.2) is 5.43 Å². The molecule has 0 unspecified atom stereocenters. The van der Waals surface area contributed by atoms with Crippen molar-refractivity contribution in [3.05, 3.63) is 52.5 Å². The van der Waals surface area contributed by atoms with Crippen LogP contribution in [0.4, 0.5) is 0 Å². The van der Waals surface area contributed by atoms with Gasteiger partial charge in [0.15, 0.2) is 11.5 Å². The van der Waals surface area contributed by atoms with Crippen molar-refractivity contribution < 1.29 is 9.21 Å². The van der Waals surface area contributed by atoms with Gasteiger partial charge in [0.25, 0.3) is 5.91 Å². The fourth-order valence-electron chi connectivity index (χ4n) is 1.73. The van der Waals surface area contributed by atoms with E-state index >= 15 is 0 Å². The van der Waals surface area contributed by atoms with Crippen LogP contribution < -0.4 is 5.43 Å². The van der Waals surface area contributed by atoms with Crippen molar-refractivity contribution in [2.24, 2.45) is 5.10 Å². The van der Waals surface area contributed by atoms with Crippen LogP contribution in [-0.2, 0) is 0 Å². The molecule has 3 aromatic rings. The molecule has 21 heavy (non-hydrogen) atoms. The highest BCUT2D eigenvalue weighted by atomic mass is 32.1. The SMILES string of the molecule is CC(=NNC(=O)c1cc(-c2ccco2)[nH]n1)c1cccs1. The molecule has 0 aliphatic carbocycles. The number of aromatic amines is 1. The number of carbonyl (C=O) groups excluding carboxylic acids is 1. The number of rotatable bonds is 4. The maximum absolute atomic E-state index is 12.0. The molecule has 3 aromatic heterocycles. The summed E-state index contributed by atoms with van der Waals surface area (Å²) in [6.45, 7) is 1.84. The van der Waals surface area contributed by atoms with Crippen LogP contribution in [0.1, 0.15) is 22.3 Å². The molecule has 2 N–H and O–H groups in total. The number of hydrogen-bond donors (Lipinski definition) is 2. The van der Waals surface area contributed by atoms with Crippen molar-refractivity contribution >= 4 is 23.0 Å². The minimum absolute atomic E-state index is 0.254. The highest BCUT2D eigenvalue weighted by Gasteiger charge is 2.12. The molecular weight excluding hydrogens is 288 g/mol. The molecule has 0 aliphatic heterocycles. The highest BCUT2D eigenvalue weighted by Crippen LogP contribution is 2.17. The Bertz CT molecular complexity index is 757. The molecule has 6 nitrogen and oxygen atoms in total. The summed E-state index contributed by atoms with van der Waals surface area (Å²) in [4.78, 5) is 13.0. The van der Waals surface area contributed by atoms with E-state index in [1.807, 2.05) is 24.4 Å². The second-order valence-corrected chi connectivity index (χ2v) is 5.21. The first-order chi connectivity index (χ1) is 10.2. The zero-order chi connectivity index (χ0) is 14.7. The Morgan fingerprint density at radius 3 is 3.05 bits per heavy atom. The van der Waals surface area contributed by atoms with Gasteiger partial charge in [-0.1, -0.05) is 6.07 Å². The van der Waals surface area contributed by atoms with E-state index in [0.29, 0.717) is 11.5 Å². The molecule has 3 rings (SSSR count). The van der Waals surface area contributed by atoms with E-state index < -0.39 is 0 Å². The summed E-state index contributed by atoms with van der Waals surface area (Å²) in [6.07, 6.45) is 1.56. The normalized spacial score (nSPS) is 11.6. The zero-order valence-electron chi connectivity index (χ0n) is 11.2. The number of aromatic nitrogens is 2. The molecular formula is C14H12N4O2S. The number of hydrazone groups is 1. The standard InChI is InChI=1S/C14H12N4O2S/c1-9(13-5-3-7-21-13)15-18-14(19)11-8-10(16-17-11)12-4-2-6-20-12/h2-8H,1H3,(H,16,17)(H,18,19). The van der Waals surface area contributed by atoms with Crippen molar-refractivity contribution in [1.82, 2.24) is 15.6 Å². The predicted octanol–water partition coefficient (Wildman–Crippen LogP) is 2.89. The third kappa shape index (κ3) is 2.92. The van der Waals surface area contributed by atoms with Crippen molar-refractivity contribution in [3.8, 4) is 11.5 Å². The summed E-state index contributed by atoms with van der Waals surface area (Å²) < 4.78 is 5.23. The largest absolute Gasteiger partial charge is 0.463 e. The second kappa shape index (κ2) is 5.76. The Balaban J connectivity index is 1.70. The van der Waals surface area contributed by atoms with E-state index in [1.54, 1.807) is 35.8 Å². The molecule has 0 atom stereocenters. The lowest BCUT2D eigenvalue weighted by atomic mass is 10.3. The molecule has 0 spiro atoms. The number of amides is 1. The molecule has 106 valence electrons. The number of H-pyrrole nitrogens is 1. The molecule has 0 aromatic carbocycles. The second-order valence-electron chi connectivity index (χ2n) is 4.26. The third-order valence-corrected chi connectivity index (χ3v) is 3.78. The van der Waals surface area contributed by atoms with Gasteiger partial charge in [-0.15, -0.1) is 11.3 Å². The van der Waals surface area contributed by atoms with E-state index in [4.69, 9.17) is 4.42 Å². The van der Waals surface area contributed by atoms with Crippen LogP contribution in [0.25, 0.3) is 11.5 Å². The Morgan fingerprint density at radius 2 is 2.33 bits per heavy atom. The quantitative estimate of drug-likeness (QED) is 0.574. The van der Waals surface area contributed by atoms with E-state index in [2.05, 4.69) is 20.7 Å². The number of carbonyl (C=O) groups is 1. The lowest BCUT2D eigenvalue weighted by molar-refractivity contribution is 0.0950. The van der Waals surface area contributed by atoms with Crippen molar-refractivity contribution in [1.29, 1.82) is 0 Å². The molecule has 0 saturated carbocycles. The van der Waals surface area contributed by atoms with Gasteiger partial charge in [0.1, 0.15) is 5.69 Å². The molecule has 3 heterocycles. The summed E-state index contributed by atoms with van der Waals surface area (Å²) in [7, 11) is 0. The van der Waals surface area contributed by atoms with Crippen molar-refractivity contribution in [2.75, 3.05) is 0 Å². The average molecular weight is 300 g/mol. The third-order valence-electron chi connectivity index (χ3n) is 2.80. The highest BCUT2D eigenvalue weighted by molar-refractivity contribution is 7.12. The van der Waals surface area contributed by atoms with Crippen LogP contribution in [0.2, 0.25) is 0 Å². The first kappa shape index (κ1) is 13.3. The first-order valence-corrected chi connectivity index (χ1v) is 7.10. The molecule has 0 aliphatic rings. The fraction of sp³-hybridized carbons (Fsp3) is 0.0714. The number of thiophene rings is 1. The molecule has 0 bridgehead atoms. The number of furan rings is 1. The molecule has 7 heteroatoms. The maximum atomic E-state index is 12.0. The molecule has 0 fully saturated rings. The Morgan fingerprint density at radius 1 is 1.43 bits per heavy atom. The monoisotopic (exact) mass is 300 g/mol. The predicted molar refractivity (Wildman–Crippen MR) is 80.3 cm³/mol. The minimum Gasteiger partial charge on any atom is -0.463 e. The number of nitrogens with zero attached hydrogens (tertiary/aromatic N) is 2. The van der Waals surface area contributed by atoms with Gasteiger partial charge in [0.2, 0.25) is 0 Å². The molecule has 0 saturated heterocycles. The van der Waals surface area contributed by atoms with Crippen molar-refractivity contribution in [3.63, 3.8) is 0 Å². The van der Waals surface area contributed by atoms with Crippen LogP contribution in [0.15, 0.2) is 51.5 Å². The fourth-order valence-corrected chi connectivity index (χ4v) is 2.40. The summed E-state index contributed by atoms with van der Waals surface area (Å²) in [5.74, 6) is 0.250. The molecule has 0 radical (unpaired) electrons. The van der Waals surface area contributed by atoms with Crippen LogP contribution >= 0.6 is 11.3 Å². The van der Waals surface area contributed by atoms with Crippen LogP contribution in [0, 0.1) is 0 Å². The van der Waals surface area contributed by atoms with Crippen molar-refractivity contribution in [2.45, 2.75) is 6.92 Å². The average Bonchev–Trinajstić information content (AvgIpc) is 3.25. The molecule has 1 amide bonds.